The average Bonchev–Trinajstić information content (AvgIpc) is 2.92. The van der Waals surface area contributed by atoms with Gasteiger partial charge >= 0.3 is 0 Å². The summed E-state index contributed by atoms with van der Waals surface area (Å²) in [7, 11) is 0. The van der Waals surface area contributed by atoms with Gasteiger partial charge in [-0.1, -0.05) is 12.1 Å². The maximum Gasteiger partial charge on any atom is 0.0942 e. The molecular weight excluding hydrogens is 232 g/mol. The van der Waals surface area contributed by atoms with Crippen LogP contribution in [0.1, 0.15) is 10.7 Å². The first kappa shape index (κ1) is 10.3. The second-order valence-corrected chi connectivity index (χ2v) is 4.99. The number of nitrogens with zero attached hydrogens (tertiary/aromatic N) is 2. The van der Waals surface area contributed by atoms with Crippen molar-refractivity contribution in [3.8, 4) is 0 Å². The van der Waals surface area contributed by atoms with E-state index in [4.69, 9.17) is 5.73 Å². The number of nitrogens with one attached hydrogen (secondary N) is 1. The number of fused-ring (bicyclic) bond motifs is 1. The molecule has 0 unspecified atom stereocenters. The highest BCUT2D eigenvalue weighted by Crippen LogP contribution is 2.22. The number of aromatic amines is 1. The van der Waals surface area contributed by atoms with Gasteiger partial charge in [0.1, 0.15) is 0 Å². The molecule has 0 atom stereocenters. The number of hydrogen-bond donors (Lipinski definition) is 2. The quantitative estimate of drug-likeness (QED) is 0.743. The molecule has 0 radical (unpaired) electrons. The maximum atomic E-state index is 5.77. The molecule has 2 aromatic heterocycles. The Morgan fingerprint density at radius 2 is 2.12 bits per heavy atom. The molecule has 0 saturated carbocycles. The fourth-order valence-electron chi connectivity index (χ4n) is 1.78. The standard InChI is InChI=1S/C12H12N4S/c13-8-7-14-16-9(8)5-6-12-15-10-3-1-2-4-11(10)17-12/h1-4,7H,5-6,13H2,(H,14,16). The SMILES string of the molecule is Nc1cn[nH]c1CCc1nc2ccccc2s1. The number of aryl methyl sites for hydroxylation is 2. The van der Waals surface area contributed by atoms with Crippen LogP contribution in [0, 0.1) is 0 Å². The Morgan fingerprint density at radius 3 is 2.88 bits per heavy atom. The first-order chi connectivity index (χ1) is 8.33. The highest BCUT2D eigenvalue weighted by molar-refractivity contribution is 7.18. The van der Waals surface area contributed by atoms with E-state index in [-0.39, 0.29) is 0 Å². The number of aromatic nitrogens is 3. The number of rotatable bonds is 3. The van der Waals surface area contributed by atoms with Crippen molar-refractivity contribution in [2.24, 2.45) is 0 Å². The van der Waals surface area contributed by atoms with Gasteiger partial charge in [0.2, 0.25) is 0 Å². The first-order valence-electron chi connectivity index (χ1n) is 5.45. The van der Waals surface area contributed by atoms with E-state index < -0.39 is 0 Å². The van der Waals surface area contributed by atoms with E-state index >= 15 is 0 Å². The van der Waals surface area contributed by atoms with Crippen LogP contribution in [-0.4, -0.2) is 15.2 Å². The van der Waals surface area contributed by atoms with Gasteiger partial charge in [-0.2, -0.15) is 5.10 Å². The molecule has 4 nitrogen and oxygen atoms in total. The molecule has 3 rings (SSSR count). The molecule has 17 heavy (non-hydrogen) atoms. The third-order valence-corrected chi connectivity index (χ3v) is 3.77. The van der Waals surface area contributed by atoms with Crippen molar-refractivity contribution in [2.45, 2.75) is 12.8 Å². The van der Waals surface area contributed by atoms with Crippen molar-refractivity contribution in [1.29, 1.82) is 0 Å². The van der Waals surface area contributed by atoms with E-state index in [9.17, 15) is 0 Å². The summed E-state index contributed by atoms with van der Waals surface area (Å²) in [5.41, 5.74) is 8.56. The van der Waals surface area contributed by atoms with Gasteiger partial charge in [0, 0.05) is 6.42 Å². The second kappa shape index (κ2) is 4.18. The molecule has 2 heterocycles. The average molecular weight is 244 g/mol. The molecule has 0 fully saturated rings. The molecule has 86 valence electrons. The molecule has 0 aliphatic rings. The summed E-state index contributed by atoms with van der Waals surface area (Å²) in [6, 6.07) is 8.19. The zero-order chi connectivity index (χ0) is 11.7. The van der Waals surface area contributed by atoms with Gasteiger partial charge in [0.05, 0.1) is 32.8 Å². The van der Waals surface area contributed by atoms with Crippen molar-refractivity contribution in [3.05, 3.63) is 41.2 Å². The van der Waals surface area contributed by atoms with Gasteiger partial charge in [-0.15, -0.1) is 11.3 Å². The monoisotopic (exact) mass is 244 g/mol. The van der Waals surface area contributed by atoms with E-state index in [1.54, 1.807) is 17.5 Å². The first-order valence-corrected chi connectivity index (χ1v) is 6.27. The summed E-state index contributed by atoms with van der Waals surface area (Å²) in [5.74, 6) is 0. The van der Waals surface area contributed by atoms with E-state index in [2.05, 4.69) is 21.2 Å². The molecule has 0 spiro atoms. The molecule has 3 aromatic rings. The lowest BCUT2D eigenvalue weighted by atomic mass is 10.2. The number of H-pyrrole nitrogens is 1. The maximum absolute atomic E-state index is 5.77. The minimum absolute atomic E-state index is 0.728. The van der Waals surface area contributed by atoms with Gasteiger partial charge in [-0.3, -0.25) is 5.10 Å². The minimum atomic E-state index is 0.728. The Bertz CT molecular complexity index is 608. The van der Waals surface area contributed by atoms with Crippen molar-refractivity contribution in [1.82, 2.24) is 15.2 Å². The van der Waals surface area contributed by atoms with Crippen LogP contribution < -0.4 is 5.73 Å². The topological polar surface area (TPSA) is 67.6 Å². The van der Waals surface area contributed by atoms with Crippen molar-refractivity contribution in [2.75, 3.05) is 5.73 Å². The summed E-state index contributed by atoms with van der Waals surface area (Å²) in [6.45, 7) is 0. The number of thiazole rings is 1. The number of nitrogens with two attached hydrogens (primary N) is 1. The third kappa shape index (κ3) is 2.01. The van der Waals surface area contributed by atoms with Crippen molar-refractivity contribution in [3.63, 3.8) is 0 Å². The van der Waals surface area contributed by atoms with Gasteiger partial charge in [-0.05, 0) is 18.6 Å². The Morgan fingerprint density at radius 1 is 1.24 bits per heavy atom. The largest absolute Gasteiger partial charge is 0.396 e. The number of para-hydroxylation sites is 1. The lowest BCUT2D eigenvalue weighted by molar-refractivity contribution is 0.889. The van der Waals surface area contributed by atoms with Crippen LogP contribution >= 0.6 is 11.3 Å². The number of benzene rings is 1. The van der Waals surface area contributed by atoms with Gasteiger partial charge in [0.15, 0.2) is 0 Å². The summed E-state index contributed by atoms with van der Waals surface area (Å²) in [5, 5.41) is 7.96. The molecule has 0 saturated heterocycles. The molecule has 0 aliphatic heterocycles. The highest BCUT2D eigenvalue weighted by Gasteiger charge is 2.06. The lowest BCUT2D eigenvalue weighted by Gasteiger charge is -1.95. The molecule has 0 aliphatic carbocycles. The molecule has 0 bridgehead atoms. The predicted octanol–water partition coefficient (Wildman–Crippen LogP) is 2.39. The Labute approximate surface area is 102 Å². The molecule has 5 heteroatoms. The fourth-order valence-corrected chi connectivity index (χ4v) is 2.75. The Hall–Kier alpha value is -1.88. The fraction of sp³-hybridized carbons (Fsp3) is 0.167. The number of anilines is 1. The van der Waals surface area contributed by atoms with Crippen LogP contribution in [-0.2, 0) is 12.8 Å². The third-order valence-electron chi connectivity index (χ3n) is 2.68. The lowest BCUT2D eigenvalue weighted by Crippen LogP contribution is -1.95. The van der Waals surface area contributed by atoms with Gasteiger partial charge < -0.3 is 5.73 Å². The Balaban J connectivity index is 1.79. The van der Waals surface area contributed by atoms with Crippen LogP contribution in [0.15, 0.2) is 30.5 Å². The highest BCUT2D eigenvalue weighted by atomic mass is 32.1. The van der Waals surface area contributed by atoms with Crippen molar-refractivity contribution < 1.29 is 0 Å². The van der Waals surface area contributed by atoms with E-state index in [0.29, 0.717) is 0 Å². The zero-order valence-corrected chi connectivity index (χ0v) is 10.00. The van der Waals surface area contributed by atoms with Crippen LogP contribution in [0.3, 0.4) is 0 Å². The minimum Gasteiger partial charge on any atom is -0.396 e. The van der Waals surface area contributed by atoms with E-state index in [0.717, 1.165) is 34.7 Å². The van der Waals surface area contributed by atoms with Crippen LogP contribution in [0.25, 0.3) is 10.2 Å². The summed E-state index contributed by atoms with van der Waals surface area (Å²) >= 11 is 1.74. The second-order valence-electron chi connectivity index (χ2n) is 3.88. The van der Waals surface area contributed by atoms with E-state index in [1.165, 1.54) is 4.70 Å². The Kier molecular flexibility index (Phi) is 2.53. The van der Waals surface area contributed by atoms with Gasteiger partial charge in [-0.25, -0.2) is 4.98 Å². The van der Waals surface area contributed by atoms with Crippen LogP contribution in [0.4, 0.5) is 5.69 Å². The van der Waals surface area contributed by atoms with Crippen LogP contribution in [0.2, 0.25) is 0 Å². The van der Waals surface area contributed by atoms with Gasteiger partial charge in [0.25, 0.3) is 0 Å². The molecule has 3 N–H and O–H groups in total. The van der Waals surface area contributed by atoms with E-state index in [1.807, 2.05) is 18.2 Å². The summed E-state index contributed by atoms with van der Waals surface area (Å²) < 4.78 is 1.24. The van der Waals surface area contributed by atoms with Crippen molar-refractivity contribution >= 4 is 27.2 Å². The zero-order valence-electron chi connectivity index (χ0n) is 9.18. The molecule has 0 amide bonds. The predicted molar refractivity (Wildman–Crippen MR) is 70.0 cm³/mol. The smallest absolute Gasteiger partial charge is 0.0942 e. The molecule has 1 aromatic carbocycles. The number of hydrogen-bond acceptors (Lipinski definition) is 4. The number of nitrogen functional groups attached to an aromatic ring is 1. The summed E-state index contributed by atoms with van der Waals surface area (Å²) in [6.07, 6.45) is 3.39. The van der Waals surface area contributed by atoms with Crippen LogP contribution in [0.5, 0.6) is 0 Å². The summed E-state index contributed by atoms with van der Waals surface area (Å²) in [4.78, 5) is 4.59. The normalized spacial score (nSPS) is 11.1. The molecular formula is C12H12N4S.